The van der Waals surface area contributed by atoms with E-state index in [1.165, 1.54) is 16.2 Å². The minimum Gasteiger partial charge on any atom is -0.368 e. The van der Waals surface area contributed by atoms with Crippen LogP contribution in [-0.4, -0.2) is 44.3 Å². The number of benzene rings is 2. The summed E-state index contributed by atoms with van der Waals surface area (Å²) in [7, 11) is -3.94. The number of hydrogen-bond donors (Lipinski definition) is 2. The zero-order valence-electron chi connectivity index (χ0n) is 21.2. The predicted molar refractivity (Wildman–Crippen MR) is 149 cm³/mol. The first-order chi connectivity index (χ1) is 18.0. The lowest BCUT2D eigenvalue weighted by Gasteiger charge is -2.30. The molecule has 1 aromatic heterocycles. The summed E-state index contributed by atoms with van der Waals surface area (Å²) in [6, 6.07) is 13.8. The fraction of sp³-hybridized carbons (Fsp3) is 0.333. The van der Waals surface area contributed by atoms with E-state index < -0.39 is 27.8 Å². The SMILES string of the molecule is CC(C)C[C@@H](C(N)=O)N(CCCCNS(=O)(=O)c1ccc(F)cc1Cl)C(=O)c1cc(-c2ccccc2)cs1. The summed E-state index contributed by atoms with van der Waals surface area (Å²) in [6.07, 6.45) is 1.21. The van der Waals surface area contributed by atoms with Gasteiger partial charge in [-0.1, -0.05) is 55.8 Å². The van der Waals surface area contributed by atoms with Gasteiger partial charge in [-0.15, -0.1) is 11.3 Å². The van der Waals surface area contributed by atoms with Crippen LogP contribution in [-0.2, 0) is 14.8 Å². The Morgan fingerprint density at radius 1 is 1.08 bits per heavy atom. The van der Waals surface area contributed by atoms with Crippen molar-refractivity contribution in [3.05, 3.63) is 75.7 Å². The average molecular weight is 580 g/mol. The van der Waals surface area contributed by atoms with Crippen molar-refractivity contribution in [1.82, 2.24) is 9.62 Å². The Bertz CT molecular complexity index is 1360. The van der Waals surface area contributed by atoms with Crippen LogP contribution in [0.3, 0.4) is 0 Å². The number of primary amides is 1. The molecule has 0 aliphatic heterocycles. The number of nitrogens with one attached hydrogen (secondary N) is 1. The Morgan fingerprint density at radius 2 is 1.79 bits per heavy atom. The molecule has 2 aromatic carbocycles. The zero-order valence-corrected chi connectivity index (χ0v) is 23.6. The largest absolute Gasteiger partial charge is 0.368 e. The minimum absolute atomic E-state index is 0.0701. The Morgan fingerprint density at radius 3 is 2.42 bits per heavy atom. The number of hydrogen-bond acceptors (Lipinski definition) is 5. The highest BCUT2D eigenvalue weighted by molar-refractivity contribution is 7.89. The molecule has 11 heteroatoms. The first-order valence-corrected chi connectivity index (χ1v) is 14.9. The molecule has 7 nitrogen and oxygen atoms in total. The van der Waals surface area contributed by atoms with Crippen molar-refractivity contribution in [3.8, 4) is 11.1 Å². The average Bonchev–Trinajstić information content (AvgIpc) is 3.35. The number of sulfonamides is 1. The molecule has 0 aliphatic rings. The molecule has 3 aromatic rings. The van der Waals surface area contributed by atoms with Gasteiger partial charge in [0, 0.05) is 13.1 Å². The van der Waals surface area contributed by atoms with Crippen LogP contribution < -0.4 is 10.5 Å². The molecule has 0 unspecified atom stereocenters. The highest BCUT2D eigenvalue weighted by Gasteiger charge is 2.30. The quantitative estimate of drug-likeness (QED) is 0.267. The van der Waals surface area contributed by atoms with Crippen molar-refractivity contribution in [2.75, 3.05) is 13.1 Å². The third-order valence-corrected chi connectivity index (χ3v) is 8.74. The van der Waals surface area contributed by atoms with Gasteiger partial charge in [0.2, 0.25) is 15.9 Å². The lowest BCUT2D eigenvalue weighted by molar-refractivity contribution is -0.123. The number of nitrogens with two attached hydrogens (primary N) is 1. The Balaban J connectivity index is 1.70. The van der Waals surface area contributed by atoms with Crippen LogP contribution in [0.15, 0.2) is 64.9 Å². The van der Waals surface area contributed by atoms with Gasteiger partial charge >= 0.3 is 0 Å². The summed E-state index contributed by atoms with van der Waals surface area (Å²) in [6.45, 7) is 4.19. The zero-order chi connectivity index (χ0) is 27.9. The maximum absolute atomic E-state index is 13.6. The first kappa shape index (κ1) is 29.8. The van der Waals surface area contributed by atoms with Crippen molar-refractivity contribution < 1.29 is 22.4 Å². The fourth-order valence-electron chi connectivity index (χ4n) is 4.00. The number of halogens is 2. The minimum atomic E-state index is -3.94. The molecular formula is C27H31ClFN3O4S2. The smallest absolute Gasteiger partial charge is 0.264 e. The second kappa shape index (κ2) is 13.3. The number of thiophene rings is 1. The van der Waals surface area contributed by atoms with Crippen molar-refractivity contribution >= 4 is 44.8 Å². The Kier molecular flexibility index (Phi) is 10.4. The van der Waals surface area contributed by atoms with E-state index >= 15 is 0 Å². The maximum atomic E-state index is 13.6. The van der Waals surface area contributed by atoms with Crippen LogP contribution in [0.4, 0.5) is 4.39 Å². The van der Waals surface area contributed by atoms with Crippen LogP contribution >= 0.6 is 22.9 Å². The van der Waals surface area contributed by atoms with Gasteiger partial charge < -0.3 is 10.6 Å². The van der Waals surface area contributed by atoms with Gasteiger partial charge in [0.25, 0.3) is 5.91 Å². The van der Waals surface area contributed by atoms with Gasteiger partial charge in [0.1, 0.15) is 16.8 Å². The highest BCUT2D eigenvalue weighted by Crippen LogP contribution is 2.28. The van der Waals surface area contributed by atoms with Gasteiger partial charge in [-0.3, -0.25) is 9.59 Å². The summed E-state index contributed by atoms with van der Waals surface area (Å²) >= 11 is 7.19. The van der Waals surface area contributed by atoms with E-state index in [4.69, 9.17) is 17.3 Å². The number of carbonyl (C=O) groups is 2. The first-order valence-electron chi connectivity index (χ1n) is 12.2. The van der Waals surface area contributed by atoms with Gasteiger partial charge in [-0.2, -0.15) is 0 Å². The molecule has 204 valence electrons. The van der Waals surface area contributed by atoms with Gasteiger partial charge in [0.15, 0.2) is 0 Å². The van der Waals surface area contributed by atoms with E-state index in [2.05, 4.69) is 4.72 Å². The number of rotatable bonds is 13. The standard InChI is InChI=1S/C27H31ClFN3O4S2/c1-18(2)14-23(26(30)33)32(27(34)24-15-20(17-37-24)19-8-4-3-5-9-19)13-7-6-12-31-38(35,36)25-11-10-21(29)16-22(25)28/h3-5,8-11,15-18,23,31H,6-7,12-14H2,1-2H3,(H2,30,33)/t23-/m0/s1. The topological polar surface area (TPSA) is 110 Å². The van der Waals surface area contributed by atoms with Crippen molar-refractivity contribution in [2.45, 2.75) is 44.0 Å². The molecule has 1 atom stereocenters. The summed E-state index contributed by atoms with van der Waals surface area (Å²) in [5.74, 6) is -1.39. The molecule has 0 fully saturated rings. The molecule has 3 N–H and O–H groups in total. The van der Waals surface area contributed by atoms with E-state index in [1.807, 2.05) is 55.6 Å². The van der Waals surface area contributed by atoms with Crippen molar-refractivity contribution in [2.24, 2.45) is 11.7 Å². The lowest BCUT2D eigenvalue weighted by atomic mass is 10.0. The van der Waals surface area contributed by atoms with Crippen LogP contribution in [0.25, 0.3) is 11.1 Å². The van der Waals surface area contributed by atoms with E-state index in [0.717, 1.165) is 29.3 Å². The van der Waals surface area contributed by atoms with Gasteiger partial charge in [0.05, 0.1) is 9.90 Å². The van der Waals surface area contributed by atoms with Crippen LogP contribution in [0.1, 0.15) is 42.8 Å². The Hall–Kier alpha value is -2.79. The molecule has 0 saturated carbocycles. The molecule has 3 rings (SSSR count). The molecule has 0 aliphatic carbocycles. The lowest BCUT2D eigenvalue weighted by Crippen LogP contribution is -2.49. The molecule has 0 bridgehead atoms. The third kappa shape index (κ3) is 7.86. The van der Waals surface area contributed by atoms with E-state index in [1.54, 1.807) is 0 Å². The van der Waals surface area contributed by atoms with E-state index in [0.29, 0.717) is 24.1 Å². The van der Waals surface area contributed by atoms with Crippen molar-refractivity contribution in [1.29, 1.82) is 0 Å². The summed E-state index contributed by atoms with van der Waals surface area (Å²) in [4.78, 5) is 27.7. The maximum Gasteiger partial charge on any atom is 0.264 e. The number of unbranched alkanes of at least 4 members (excludes halogenated alkanes) is 1. The number of carbonyl (C=O) groups excluding carboxylic acids is 2. The van der Waals surface area contributed by atoms with Crippen molar-refractivity contribution in [3.63, 3.8) is 0 Å². The molecule has 0 spiro atoms. The number of amides is 2. The second-order valence-corrected chi connectivity index (χ2v) is 12.3. The van der Waals surface area contributed by atoms with Crippen LogP contribution in [0, 0.1) is 11.7 Å². The summed E-state index contributed by atoms with van der Waals surface area (Å²) < 4.78 is 40.8. The normalized spacial score (nSPS) is 12.4. The highest BCUT2D eigenvalue weighted by atomic mass is 35.5. The molecule has 1 heterocycles. The number of nitrogens with zero attached hydrogens (tertiary/aromatic N) is 1. The summed E-state index contributed by atoms with van der Waals surface area (Å²) in [5.41, 5.74) is 7.61. The van der Waals surface area contributed by atoms with E-state index in [9.17, 15) is 22.4 Å². The second-order valence-electron chi connectivity index (χ2n) is 9.29. The summed E-state index contributed by atoms with van der Waals surface area (Å²) in [5, 5.41) is 1.69. The molecule has 0 saturated heterocycles. The molecule has 0 radical (unpaired) electrons. The van der Waals surface area contributed by atoms with Gasteiger partial charge in [-0.05, 0) is 66.0 Å². The monoisotopic (exact) mass is 579 g/mol. The van der Waals surface area contributed by atoms with E-state index in [-0.39, 0.29) is 34.8 Å². The molecular weight excluding hydrogens is 549 g/mol. The predicted octanol–water partition coefficient (Wildman–Crippen LogP) is 5.31. The molecule has 2 amide bonds. The fourth-order valence-corrected chi connectivity index (χ4v) is 6.47. The molecule has 38 heavy (non-hydrogen) atoms. The Labute approximate surface area is 231 Å². The third-order valence-electron chi connectivity index (χ3n) is 5.88. The van der Waals surface area contributed by atoms with Crippen LogP contribution in [0.2, 0.25) is 5.02 Å². The van der Waals surface area contributed by atoms with Crippen LogP contribution in [0.5, 0.6) is 0 Å². The van der Waals surface area contributed by atoms with Gasteiger partial charge in [-0.25, -0.2) is 17.5 Å².